The van der Waals surface area contributed by atoms with Crippen LogP contribution < -0.4 is 19.7 Å². The molecular weight excluding hydrogens is 906 g/mol. The second-order valence-electron chi connectivity index (χ2n) is 18.6. The molecule has 5 aromatic rings. The zero-order valence-corrected chi connectivity index (χ0v) is 39.9. The van der Waals surface area contributed by atoms with Gasteiger partial charge in [-0.2, -0.15) is 0 Å². The van der Waals surface area contributed by atoms with Crippen molar-refractivity contribution >= 4 is 68.3 Å². The number of hydrogen-bond acceptors (Lipinski definition) is 12. The average molecular weight is 961 g/mol. The van der Waals surface area contributed by atoms with Crippen LogP contribution in [0.3, 0.4) is 0 Å². The number of rotatable bonds is 14. The summed E-state index contributed by atoms with van der Waals surface area (Å²) >= 11 is 6.23. The maximum absolute atomic E-state index is 16.3. The van der Waals surface area contributed by atoms with Gasteiger partial charge in [0.1, 0.15) is 28.7 Å². The lowest BCUT2D eigenvalue weighted by Crippen LogP contribution is -2.47. The number of anilines is 2. The molecule has 66 heavy (non-hydrogen) atoms. The number of ether oxygens (including phenoxy) is 1. The molecule has 2 aliphatic heterocycles. The van der Waals surface area contributed by atoms with E-state index in [2.05, 4.69) is 51.1 Å². The molecule has 0 radical (unpaired) electrons. The molecule has 15 nitrogen and oxygen atoms in total. The van der Waals surface area contributed by atoms with E-state index in [0.29, 0.717) is 74.2 Å². The molecule has 3 aromatic carbocycles. The van der Waals surface area contributed by atoms with E-state index in [-0.39, 0.29) is 34.3 Å². The Morgan fingerprint density at radius 1 is 1.03 bits per heavy atom. The number of aromatic amines is 1. The smallest absolute Gasteiger partial charge is 0.293 e. The van der Waals surface area contributed by atoms with Crippen molar-refractivity contribution in [2.45, 2.75) is 51.0 Å². The maximum atomic E-state index is 16.3. The summed E-state index contributed by atoms with van der Waals surface area (Å²) < 4.78 is 64.5. The van der Waals surface area contributed by atoms with E-state index >= 15 is 4.39 Å². The van der Waals surface area contributed by atoms with E-state index < -0.39 is 50.0 Å². The summed E-state index contributed by atoms with van der Waals surface area (Å²) in [6, 6.07) is 16.9. The third-order valence-electron chi connectivity index (χ3n) is 12.8. The summed E-state index contributed by atoms with van der Waals surface area (Å²) in [5, 5.41) is 16.7. The number of hydrogen-bond donors (Lipinski definition) is 3. The van der Waals surface area contributed by atoms with Gasteiger partial charge in [0.2, 0.25) is 0 Å². The first kappa shape index (κ1) is 47.2. The Morgan fingerprint density at radius 2 is 1.76 bits per heavy atom. The SMILES string of the molecule is CC(CN1CCP(C)(=O)CC1)Nc1ccc(S(=O)(=O)NC(=O)c2cc(F)c(N3CCN(CC4=C(c5ccc(Cl)cc5)CC(C)(C)CC4)CC3)cc2Oc2cnc3[nH]ccc3c2)cc1[N+](=O)[O-]. The quantitative estimate of drug-likeness (QED) is 0.0546. The molecule has 2 saturated heterocycles. The van der Waals surface area contributed by atoms with Crippen LogP contribution in [0, 0.1) is 21.3 Å². The highest BCUT2D eigenvalue weighted by Crippen LogP contribution is 2.44. The summed E-state index contributed by atoms with van der Waals surface area (Å²) in [6.45, 7) is 13.1. The molecule has 1 aliphatic carbocycles. The lowest BCUT2D eigenvalue weighted by Gasteiger charge is -2.39. The molecule has 0 bridgehead atoms. The Balaban J connectivity index is 1.01. The predicted octanol–water partition coefficient (Wildman–Crippen LogP) is 9.07. The number of aromatic nitrogens is 2. The molecule has 1 atom stereocenters. The largest absolute Gasteiger partial charge is 0.455 e. The van der Waals surface area contributed by atoms with Crippen LogP contribution in [0.2, 0.25) is 5.02 Å². The summed E-state index contributed by atoms with van der Waals surface area (Å²) in [6.07, 6.45) is 7.37. The normalized spacial score (nSPS) is 18.5. The van der Waals surface area contributed by atoms with Gasteiger partial charge in [0.25, 0.3) is 21.6 Å². The first-order valence-electron chi connectivity index (χ1n) is 22.1. The van der Waals surface area contributed by atoms with Gasteiger partial charge in [0.05, 0.1) is 34.4 Å². The van der Waals surface area contributed by atoms with Crippen molar-refractivity contribution in [1.82, 2.24) is 24.5 Å². The minimum absolute atomic E-state index is 0.0935. The van der Waals surface area contributed by atoms with Crippen LogP contribution in [0.25, 0.3) is 16.6 Å². The monoisotopic (exact) mass is 960 g/mol. The number of fused-ring (bicyclic) bond motifs is 1. The number of halogens is 2. The molecule has 3 N–H and O–H groups in total. The third-order valence-corrected chi connectivity index (χ3v) is 16.7. The van der Waals surface area contributed by atoms with Gasteiger partial charge in [0.15, 0.2) is 0 Å². The highest BCUT2D eigenvalue weighted by atomic mass is 35.5. The van der Waals surface area contributed by atoms with E-state index in [1.807, 2.05) is 28.7 Å². The lowest BCUT2D eigenvalue weighted by molar-refractivity contribution is -0.384. The highest BCUT2D eigenvalue weighted by molar-refractivity contribution is 7.90. The first-order chi connectivity index (χ1) is 31.3. The number of nitro groups is 1. The molecule has 2 fully saturated rings. The summed E-state index contributed by atoms with van der Waals surface area (Å²) in [5.74, 6) is -1.85. The van der Waals surface area contributed by atoms with Crippen molar-refractivity contribution < 1.29 is 31.8 Å². The van der Waals surface area contributed by atoms with E-state index in [0.717, 1.165) is 44.0 Å². The fourth-order valence-electron chi connectivity index (χ4n) is 9.03. The number of carbonyl (C=O) groups is 1. The molecule has 0 saturated carbocycles. The molecule has 350 valence electrons. The second kappa shape index (κ2) is 19.1. The Bertz CT molecular complexity index is 2840. The third kappa shape index (κ3) is 11.1. The zero-order valence-electron chi connectivity index (χ0n) is 37.5. The molecule has 3 aliphatic rings. The number of nitrogens with one attached hydrogen (secondary N) is 3. The number of piperazine rings is 1. The summed E-state index contributed by atoms with van der Waals surface area (Å²) in [4.78, 5) is 38.7. The van der Waals surface area contributed by atoms with Crippen LogP contribution in [0.15, 0.2) is 89.6 Å². The fraction of sp³-hybridized carbons (Fsp3) is 0.404. The average Bonchev–Trinajstić information content (AvgIpc) is 3.74. The number of amides is 1. The van der Waals surface area contributed by atoms with E-state index in [1.54, 1.807) is 25.0 Å². The van der Waals surface area contributed by atoms with Crippen molar-refractivity contribution in [2.24, 2.45) is 5.41 Å². The van der Waals surface area contributed by atoms with E-state index in [9.17, 15) is 27.9 Å². The molecule has 8 rings (SSSR count). The Labute approximate surface area is 389 Å². The molecule has 19 heteroatoms. The zero-order chi connectivity index (χ0) is 47.0. The van der Waals surface area contributed by atoms with Crippen molar-refractivity contribution in [3.8, 4) is 11.5 Å². The molecule has 1 unspecified atom stereocenters. The van der Waals surface area contributed by atoms with Crippen LogP contribution in [0.1, 0.15) is 56.0 Å². The van der Waals surface area contributed by atoms with Gasteiger partial charge in [-0.3, -0.25) is 19.8 Å². The highest BCUT2D eigenvalue weighted by Gasteiger charge is 2.32. The Morgan fingerprint density at radius 3 is 2.47 bits per heavy atom. The van der Waals surface area contributed by atoms with Gasteiger partial charge in [-0.15, -0.1) is 0 Å². The number of benzene rings is 3. The number of allylic oxidation sites excluding steroid dienone is 1. The van der Waals surface area contributed by atoms with Gasteiger partial charge >= 0.3 is 0 Å². The van der Waals surface area contributed by atoms with Gasteiger partial charge in [-0.1, -0.05) is 43.2 Å². The fourth-order valence-corrected chi connectivity index (χ4v) is 11.8. The molecule has 2 aromatic heterocycles. The van der Waals surface area contributed by atoms with E-state index in [4.69, 9.17) is 16.3 Å². The number of pyridine rings is 1. The van der Waals surface area contributed by atoms with Gasteiger partial charge < -0.3 is 29.4 Å². The van der Waals surface area contributed by atoms with Gasteiger partial charge in [-0.25, -0.2) is 22.5 Å². The minimum Gasteiger partial charge on any atom is -0.455 e. The summed E-state index contributed by atoms with van der Waals surface area (Å²) in [7, 11) is -6.87. The van der Waals surface area contributed by atoms with Crippen LogP contribution in [0.4, 0.5) is 21.5 Å². The standard InChI is InChI=1S/C47H55ClFN8O7PS/c1-31(29-55-19-21-65(4,61)22-20-55)52-41-10-9-37(24-43(41)57(59)60)66(62,63)53-46(58)38-25-40(49)42(26-44(38)64-36-23-33-12-14-50-45(33)51-28-36)56-17-15-54(16-18-56)30-34-11-13-47(2,3)27-39(34)32-5-7-35(48)8-6-32/h5-10,12,14,23-26,28,31,52H,11,13,15-22,27,29-30H2,1-4H3,(H,50,51)(H,53,58). The van der Waals surface area contributed by atoms with Crippen LogP contribution >= 0.6 is 18.7 Å². The predicted molar refractivity (Wildman–Crippen MR) is 258 cm³/mol. The Kier molecular flexibility index (Phi) is 13.7. The number of H-pyrrole nitrogens is 1. The van der Waals surface area contributed by atoms with Crippen molar-refractivity contribution in [1.29, 1.82) is 0 Å². The molecule has 0 spiro atoms. The van der Waals surface area contributed by atoms with Crippen molar-refractivity contribution in [3.63, 3.8) is 0 Å². The maximum Gasteiger partial charge on any atom is 0.293 e. The Hall–Kier alpha value is -5.32. The number of sulfonamides is 1. The first-order valence-corrected chi connectivity index (χ1v) is 26.5. The molecule has 1 amide bonds. The van der Waals surface area contributed by atoms with E-state index in [1.165, 1.54) is 35.0 Å². The molecule has 4 heterocycles. The number of nitrogens with zero attached hydrogens (tertiary/aromatic N) is 5. The number of nitro benzene ring substituents is 1. The van der Waals surface area contributed by atoms with Crippen molar-refractivity contribution in [2.75, 3.05) is 81.6 Å². The topological polar surface area (TPSA) is 183 Å². The minimum atomic E-state index is -4.73. The van der Waals surface area contributed by atoms with Gasteiger partial charge in [0, 0.05) is 99.5 Å². The lowest BCUT2D eigenvalue weighted by atomic mass is 9.72. The second-order valence-corrected chi connectivity index (χ2v) is 24.2. The summed E-state index contributed by atoms with van der Waals surface area (Å²) in [5.41, 5.74) is 4.03. The molecular formula is C47H55ClFN8O7PS. The van der Waals surface area contributed by atoms with Crippen LogP contribution in [0.5, 0.6) is 11.5 Å². The van der Waals surface area contributed by atoms with Crippen LogP contribution in [-0.4, -0.2) is 116 Å². The number of carbonyl (C=O) groups excluding carboxylic acids is 1. The van der Waals surface area contributed by atoms with Gasteiger partial charge in [-0.05, 0) is 91.9 Å². The van der Waals surface area contributed by atoms with Crippen molar-refractivity contribution in [3.05, 3.63) is 117 Å². The van der Waals surface area contributed by atoms with Crippen LogP contribution in [-0.2, 0) is 14.6 Å².